The highest BCUT2D eigenvalue weighted by atomic mass is 16.5. The summed E-state index contributed by atoms with van der Waals surface area (Å²) in [4.78, 5) is 13.6. The van der Waals surface area contributed by atoms with Crippen molar-refractivity contribution in [1.29, 1.82) is 0 Å². The molecule has 2 rings (SSSR count). The first-order chi connectivity index (χ1) is 8.26. The van der Waals surface area contributed by atoms with E-state index in [2.05, 4.69) is 9.64 Å². The number of ether oxygens (including phenoxy) is 1. The number of hydrogen-bond donors (Lipinski definition) is 1. The first-order valence-electron chi connectivity index (χ1n) is 5.76. The lowest BCUT2D eigenvalue weighted by atomic mass is 10.2. The number of aliphatic hydroxyl groups is 1. The number of nitrogens with zero attached hydrogens (tertiary/aromatic N) is 1. The quantitative estimate of drug-likeness (QED) is 0.795. The van der Waals surface area contributed by atoms with Gasteiger partial charge in [0.25, 0.3) is 0 Å². The lowest BCUT2D eigenvalue weighted by molar-refractivity contribution is 0.0561. The highest BCUT2D eigenvalue weighted by molar-refractivity contribution is 5.87. The number of aliphatic hydroxyl groups excluding tert-OH is 1. The Balaban J connectivity index is 2.08. The average molecular weight is 239 g/mol. The molecule has 1 aliphatic rings. The molecule has 1 N–H and O–H groups in total. The summed E-state index contributed by atoms with van der Waals surface area (Å²) in [5.74, 6) is -0.194. The van der Waals surface area contributed by atoms with E-state index in [0.717, 1.165) is 24.9 Å². The first-order valence-corrected chi connectivity index (χ1v) is 5.76. The molecule has 0 saturated carbocycles. The molecule has 94 valence electrons. The van der Waals surface area contributed by atoms with Gasteiger partial charge in [-0.1, -0.05) is 0 Å². The number of carbonyl (C=O) groups excluding carboxylic acids is 1. The molecule has 1 atom stereocenters. The Kier molecular flexibility index (Phi) is 3.81. The van der Waals surface area contributed by atoms with Crippen molar-refractivity contribution in [2.75, 3.05) is 20.3 Å². The van der Waals surface area contributed by atoms with Crippen LogP contribution in [0.1, 0.15) is 29.0 Å². The molecule has 2 heterocycles. The summed E-state index contributed by atoms with van der Waals surface area (Å²) in [7, 11) is 1.33. The summed E-state index contributed by atoms with van der Waals surface area (Å²) in [6.07, 6.45) is 3.57. The van der Waals surface area contributed by atoms with Gasteiger partial charge >= 0.3 is 5.97 Å². The second-order valence-electron chi connectivity index (χ2n) is 4.22. The van der Waals surface area contributed by atoms with Crippen LogP contribution in [0.4, 0.5) is 0 Å². The van der Waals surface area contributed by atoms with Gasteiger partial charge in [-0.2, -0.15) is 0 Å². The minimum absolute atomic E-state index is 0.158. The Labute approximate surface area is 100.0 Å². The second kappa shape index (κ2) is 5.33. The van der Waals surface area contributed by atoms with E-state index in [-0.39, 0.29) is 18.4 Å². The van der Waals surface area contributed by atoms with E-state index >= 15 is 0 Å². The molecule has 0 radical (unpaired) electrons. The van der Waals surface area contributed by atoms with Crippen molar-refractivity contribution in [3.05, 3.63) is 23.7 Å². The number of carbonyl (C=O) groups is 1. The molecule has 1 aromatic rings. The van der Waals surface area contributed by atoms with Gasteiger partial charge in [-0.25, -0.2) is 4.79 Å². The molecule has 5 nitrogen and oxygen atoms in total. The summed E-state index contributed by atoms with van der Waals surface area (Å²) in [5.41, 5.74) is 0.817. The molecule has 0 bridgehead atoms. The largest absolute Gasteiger partial charge is 0.463 e. The molecule has 0 unspecified atom stereocenters. The molecule has 17 heavy (non-hydrogen) atoms. The molecule has 1 aliphatic heterocycles. The maximum atomic E-state index is 11.4. The van der Waals surface area contributed by atoms with Gasteiger partial charge in [-0.15, -0.1) is 0 Å². The molecular weight excluding hydrogens is 222 g/mol. The van der Waals surface area contributed by atoms with Crippen LogP contribution >= 0.6 is 0 Å². The smallest absolute Gasteiger partial charge is 0.374 e. The van der Waals surface area contributed by atoms with Crippen LogP contribution in [0.15, 0.2) is 16.7 Å². The molecule has 5 heteroatoms. The second-order valence-corrected chi connectivity index (χ2v) is 4.22. The SMILES string of the molecule is COC(=O)c1occc1CN1CCC[C@H]1CO. The van der Waals surface area contributed by atoms with Crippen LogP contribution in [0.5, 0.6) is 0 Å². The van der Waals surface area contributed by atoms with Gasteiger partial charge in [0.05, 0.1) is 20.0 Å². The Morgan fingerprint density at radius 1 is 1.71 bits per heavy atom. The van der Waals surface area contributed by atoms with E-state index in [1.807, 2.05) is 0 Å². The fourth-order valence-corrected chi connectivity index (χ4v) is 2.26. The number of hydrogen-bond acceptors (Lipinski definition) is 5. The lowest BCUT2D eigenvalue weighted by Crippen LogP contribution is -2.31. The summed E-state index contributed by atoms with van der Waals surface area (Å²) in [6.45, 7) is 1.72. The summed E-state index contributed by atoms with van der Waals surface area (Å²) < 4.78 is 9.79. The molecule has 1 saturated heterocycles. The number of methoxy groups -OCH3 is 1. The zero-order valence-electron chi connectivity index (χ0n) is 9.89. The number of esters is 1. The van der Waals surface area contributed by atoms with Crippen LogP contribution < -0.4 is 0 Å². The summed E-state index contributed by atoms with van der Waals surface area (Å²) in [5, 5.41) is 9.23. The van der Waals surface area contributed by atoms with E-state index in [1.54, 1.807) is 6.07 Å². The van der Waals surface area contributed by atoms with Crippen molar-refractivity contribution in [3.8, 4) is 0 Å². The van der Waals surface area contributed by atoms with Gasteiger partial charge in [0.15, 0.2) is 0 Å². The first kappa shape index (κ1) is 12.1. The summed E-state index contributed by atoms with van der Waals surface area (Å²) >= 11 is 0. The predicted octanol–water partition coefficient (Wildman–Crippen LogP) is 1.02. The van der Waals surface area contributed by atoms with E-state index < -0.39 is 5.97 Å². The normalized spacial score (nSPS) is 20.7. The Morgan fingerprint density at radius 2 is 2.53 bits per heavy atom. The average Bonchev–Trinajstić information content (AvgIpc) is 2.97. The van der Waals surface area contributed by atoms with Gasteiger partial charge in [0.1, 0.15) is 0 Å². The van der Waals surface area contributed by atoms with Gasteiger partial charge in [-0.3, -0.25) is 4.90 Å². The minimum Gasteiger partial charge on any atom is -0.463 e. The molecule has 1 aromatic heterocycles. The van der Waals surface area contributed by atoms with Crippen LogP contribution in [0.3, 0.4) is 0 Å². The molecule has 0 spiro atoms. The third-order valence-corrected chi connectivity index (χ3v) is 3.20. The Bertz CT molecular complexity index is 388. The van der Waals surface area contributed by atoms with Gasteiger partial charge < -0.3 is 14.3 Å². The maximum absolute atomic E-state index is 11.4. The Morgan fingerprint density at radius 3 is 3.24 bits per heavy atom. The summed E-state index contributed by atoms with van der Waals surface area (Å²) in [6, 6.07) is 1.97. The maximum Gasteiger partial charge on any atom is 0.374 e. The zero-order valence-corrected chi connectivity index (χ0v) is 9.89. The number of furan rings is 1. The topological polar surface area (TPSA) is 62.9 Å². The fraction of sp³-hybridized carbons (Fsp3) is 0.583. The Hall–Kier alpha value is -1.33. The monoisotopic (exact) mass is 239 g/mol. The van der Waals surface area contributed by atoms with Crippen LogP contribution in [0.25, 0.3) is 0 Å². The van der Waals surface area contributed by atoms with Crippen molar-refractivity contribution < 1.29 is 19.1 Å². The van der Waals surface area contributed by atoms with Crippen molar-refractivity contribution in [1.82, 2.24) is 4.90 Å². The van der Waals surface area contributed by atoms with Crippen molar-refractivity contribution in [2.24, 2.45) is 0 Å². The minimum atomic E-state index is -0.454. The third kappa shape index (κ3) is 2.50. The van der Waals surface area contributed by atoms with Crippen LogP contribution in [0, 0.1) is 0 Å². The molecule has 0 aliphatic carbocycles. The van der Waals surface area contributed by atoms with Crippen LogP contribution in [-0.2, 0) is 11.3 Å². The van der Waals surface area contributed by atoms with Crippen molar-refractivity contribution in [3.63, 3.8) is 0 Å². The van der Waals surface area contributed by atoms with E-state index in [9.17, 15) is 9.90 Å². The predicted molar refractivity (Wildman–Crippen MR) is 60.6 cm³/mol. The highest BCUT2D eigenvalue weighted by Gasteiger charge is 2.26. The van der Waals surface area contributed by atoms with E-state index in [0.29, 0.717) is 6.54 Å². The van der Waals surface area contributed by atoms with E-state index in [4.69, 9.17) is 4.42 Å². The van der Waals surface area contributed by atoms with Crippen LogP contribution in [-0.4, -0.2) is 42.3 Å². The lowest BCUT2D eigenvalue weighted by Gasteiger charge is -2.22. The van der Waals surface area contributed by atoms with Gasteiger partial charge in [0.2, 0.25) is 5.76 Å². The zero-order chi connectivity index (χ0) is 12.3. The fourth-order valence-electron chi connectivity index (χ4n) is 2.26. The molecular formula is C12H17NO4. The molecule has 1 fully saturated rings. The molecule has 0 aromatic carbocycles. The van der Waals surface area contributed by atoms with Crippen molar-refractivity contribution >= 4 is 5.97 Å². The molecule has 0 amide bonds. The van der Waals surface area contributed by atoms with Crippen molar-refractivity contribution in [2.45, 2.75) is 25.4 Å². The van der Waals surface area contributed by atoms with Gasteiger partial charge in [0, 0.05) is 18.2 Å². The number of rotatable bonds is 4. The number of likely N-dealkylation sites (tertiary alicyclic amines) is 1. The highest BCUT2D eigenvalue weighted by Crippen LogP contribution is 2.22. The van der Waals surface area contributed by atoms with Gasteiger partial charge in [-0.05, 0) is 25.5 Å². The standard InChI is InChI=1S/C12H17NO4/c1-16-12(15)11-9(4-6-17-11)7-13-5-2-3-10(13)8-14/h4,6,10,14H,2-3,5,7-8H2,1H3/t10-/m0/s1. The van der Waals surface area contributed by atoms with E-state index in [1.165, 1.54) is 13.4 Å². The van der Waals surface area contributed by atoms with Crippen LogP contribution in [0.2, 0.25) is 0 Å². The third-order valence-electron chi connectivity index (χ3n) is 3.20.